The van der Waals surface area contributed by atoms with E-state index >= 15 is 0 Å². The average Bonchev–Trinajstić information content (AvgIpc) is 2.99. The van der Waals surface area contributed by atoms with Crippen LogP contribution in [0.2, 0.25) is 0 Å². The van der Waals surface area contributed by atoms with E-state index in [-0.39, 0.29) is 55.9 Å². The average molecular weight is 591 g/mol. The summed E-state index contributed by atoms with van der Waals surface area (Å²) in [6, 6.07) is -0.844. The molecule has 0 aromatic rings. The molecular weight excluding hydrogens is 540 g/mol. The van der Waals surface area contributed by atoms with Crippen molar-refractivity contribution in [2.75, 3.05) is 34.0 Å². The van der Waals surface area contributed by atoms with Gasteiger partial charge < -0.3 is 46.1 Å². The van der Waals surface area contributed by atoms with Crippen LogP contribution in [0.3, 0.4) is 0 Å². The number of aliphatic hydroxyl groups is 4. The molecule has 0 saturated carbocycles. The summed E-state index contributed by atoms with van der Waals surface area (Å²) in [5, 5.41) is 68.4. The van der Waals surface area contributed by atoms with Crippen molar-refractivity contribution in [1.82, 2.24) is 5.32 Å². The summed E-state index contributed by atoms with van der Waals surface area (Å²) < 4.78 is 11.8. The van der Waals surface area contributed by atoms with Crippen LogP contribution in [-0.4, -0.2) is 129 Å². The maximum absolute atomic E-state index is 12.3. The zero-order valence-electron chi connectivity index (χ0n) is 23.3. The van der Waals surface area contributed by atoms with Gasteiger partial charge in [0.2, 0.25) is 5.91 Å². The van der Waals surface area contributed by atoms with Gasteiger partial charge in [-0.15, -0.1) is 0 Å². The molecule has 6 atom stereocenters. The van der Waals surface area contributed by atoms with E-state index in [4.69, 9.17) is 51.6 Å². The molecule has 40 heavy (non-hydrogen) atoms. The molecule has 0 bridgehead atoms. The minimum Gasteiger partial charge on any atom is -0.481 e. The fraction of sp³-hybridized carbons (Fsp3) is 0.875. The molecule has 0 aromatic carbocycles. The number of carboxylic acids is 1. The summed E-state index contributed by atoms with van der Waals surface area (Å²) in [4.78, 5) is 34.4. The SMILES string of the molecule is CO.CO.NC(CCCNC(=O)CC1CC(CC2CCCC(CO)O2)CC(CO)O1)C(=O)CC(=O)O.OO.OO. The Labute approximate surface area is 234 Å². The van der Waals surface area contributed by atoms with Gasteiger partial charge in [0.05, 0.1) is 50.1 Å². The molecule has 12 N–H and O–H groups in total. The minimum atomic E-state index is -1.20. The fourth-order valence-corrected chi connectivity index (χ4v) is 4.60. The van der Waals surface area contributed by atoms with Crippen LogP contribution < -0.4 is 11.1 Å². The summed E-state index contributed by atoms with van der Waals surface area (Å²) in [7, 11) is 2.00. The molecular formula is C24H50N2O14. The number of Topliss-reactive ketones (excluding diaryl/α,β-unsaturated/α-hetero) is 1. The van der Waals surface area contributed by atoms with Crippen molar-refractivity contribution < 1.29 is 70.4 Å². The predicted molar refractivity (Wildman–Crippen MR) is 142 cm³/mol. The zero-order chi connectivity index (χ0) is 31.5. The Morgan fingerprint density at radius 2 is 1.40 bits per heavy atom. The lowest BCUT2D eigenvalue weighted by atomic mass is 9.84. The van der Waals surface area contributed by atoms with Gasteiger partial charge in [-0.2, -0.15) is 0 Å². The van der Waals surface area contributed by atoms with Gasteiger partial charge in [0, 0.05) is 20.8 Å². The molecule has 2 aliphatic heterocycles. The lowest BCUT2D eigenvalue weighted by Gasteiger charge is -2.37. The van der Waals surface area contributed by atoms with Crippen LogP contribution in [0.4, 0.5) is 0 Å². The first kappa shape index (κ1) is 42.6. The number of rotatable bonds is 13. The molecule has 16 nitrogen and oxygen atoms in total. The van der Waals surface area contributed by atoms with Crippen molar-refractivity contribution in [3.8, 4) is 0 Å². The molecule has 0 aliphatic carbocycles. The van der Waals surface area contributed by atoms with E-state index in [1.807, 2.05) is 0 Å². The number of aliphatic carboxylic acids is 1. The van der Waals surface area contributed by atoms with Gasteiger partial charge in [-0.1, -0.05) is 0 Å². The largest absolute Gasteiger partial charge is 0.481 e. The highest BCUT2D eigenvalue weighted by Gasteiger charge is 2.33. The number of ether oxygens (including phenoxy) is 2. The van der Waals surface area contributed by atoms with Crippen LogP contribution in [0.15, 0.2) is 0 Å². The number of ketones is 1. The highest BCUT2D eigenvalue weighted by Crippen LogP contribution is 2.33. The number of nitrogens with one attached hydrogen (secondary N) is 1. The van der Waals surface area contributed by atoms with Crippen LogP contribution in [0, 0.1) is 5.92 Å². The van der Waals surface area contributed by atoms with E-state index in [9.17, 15) is 24.6 Å². The Morgan fingerprint density at radius 1 is 0.875 bits per heavy atom. The van der Waals surface area contributed by atoms with Gasteiger partial charge >= 0.3 is 5.97 Å². The van der Waals surface area contributed by atoms with E-state index in [2.05, 4.69) is 5.32 Å². The summed E-state index contributed by atoms with van der Waals surface area (Å²) >= 11 is 0. The first-order valence-corrected chi connectivity index (χ1v) is 12.9. The van der Waals surface area contributed by atoms with Crippen molar-refractivity contribution in [2.45, 2.75) is 94.7 Å². The van der Waals surface area contributed by atoms with Crippen LogP contribution in [0.5, 0.6) is 0 Å². The first-order chi connectivity index (χ1) is 19.3. The van der Waals surface area contributed by atoms with Crippen LogP contribution in [0.1, 0.15) is 64.2 Å². The highest BCUT2D eigenvalue weighted by molar-refractivity contribution is 5.97. The van der Waals surface area contributed by atoms with Crippen molar-refractivity contribution in [1.29, 1.82) is 0 Å². The van der Waals surface area contributed by atoms with Gasteiger partial charge in [-0.25, -0.2) is 0 Å². The number of aliphatic hydroxyl groups excluding tert-OH is 4. The van der Waals surface area contributed by atoms with E-state index in [0.29, 0.717) is 25.8 Å². The monoisotopic (exact) mass is 590 g/mol. The number of hydrogen-bond donors (Lipinski definition) is 11. The van der Waals surface area contributed by atoms with Gasteiger partial charge in [-0.05, 0) is 57.3 Å². The lowest BCUT2D eigenvalue weighted by molar-refractivity contribution is -0.176. The second kappa shape index (κ2) is 28.7. The molecule has 240 valence electrons. The second-order valence-corrected chi connectivity index (χ2v) is 8.97. The highest BCUT2D eigenvalue weighted by atomic mass is 17.0. The lowest BCUT2D eigenvalue weighted by Crippen LogP contribution is -2.40. The van der Waals surface area contributed by atoms with Crippen LogP contribution in [0.25, 0.3) is 0 Å². The third kappa shape index (κ3) is 20.1. The molecule has 0 aromatic heterocycles. The Hall–Kier alpha value is -1.83. The number of carbonyl (C=O) groups is 3. The fourth-order valence-electron chi connectivity index (χ4n) is 4.60. The van der Waals surface area contributed by atoms with E-state index in [1.54, 1.807) is 0 Å². The smallest absolute Gasteiger partial charge is 0.310 e. The number of nitrogens with two attached hydrogens (primary N) is 1. The quantitative estimate of drug-likeness (QED) is 0.0551. The van der Waals surface area contributed by atoms with E-state index < -0.39 is 24.2 Å². The molecule has 0 spiro atoms. The Kier molecular flexibility index (Phi) is 30.6. The summed E-state index contributed by atoms with van der Waals surface area (Å²) in [5.74, 6) is -1.62. The summed E-state index contributed by atoms with van der Waals surface area (Å²) in [6.07, 6.45) is 4.88. The van der Waals surface area contributed by atoms with E-state index in [0.717, 1.165) is 46.3 Å². The zero-order valence-corrected chi connectivity index (χ0v) is 23.3. The van der Waals surface area contributed by atoms with Gasteiger partial charge in [-0.3, -0.25) is 35.4 Å². The molecule has 16 heteroatoms. The van der Waals surface area contributed by atoms with Crippen molar-refractivity contribution in [3.63, 3.8) is 0 Å². The number of hydrogen-bond acceptors (Lipinski definition) is 14. The molecule has 0 radical (unpaired) electrons. The van der Waals surface area contributed by atoms with Crippen molar-refractivity contribution in [3.05, 3.63) is 0 Å². The number of carboxylic acid groups (broad SMARTS) is 1. The Bertz CT molecular complexity index is 628. The molecule has 2 heterocycles. The van der Waals surface area contributed by atoms with Gasteiger partial charge in [0.25, 0.3) is 0 Å². The van der Waals surface area contributed by atoms with Gasteiger partial charge in [0.15, 0.2) is 5.78 Å². The molecule has 1 amide bonds. The third-order valence-corrected chi connectivity index (χ3v) is 6.18. The Balaban J connectivity index is -0.00000157. The molecule has 2 aliphatic rings. The molecule has 2 saturated heterocycles. The first-order valence-electron chi connectivity index (χ1n) is 12.9. The number of carbonyl (C=O) groups excluding carboxylic acids is 2. The normalized spacial score (nSPS) is 24.0. The molecule has 2 fully saturated rings. The maximum Gasteiger partial charge on any atom is 0.310 e. The molecule has 2 rings (SSSR count). The second-order valence-electron chi connectivity index (χ2n) is 8.97. The van der Waals surface area contributed by atoms with E-state index in [1.165, 1.54) is 0 Å². The molecule has 6 unspecified atom stereocenters. The summed E-state index contributed by atoms with van der Waals surface area (Å²) in [6.45, 7) is 0.275. The van der Waals surface area contributed by atoms with Crippen LogP contribution in [-0.2, 0) is 23.9 Å². The van der Waals surface area contributed by atoms with Crippen molar-refractivity contribution in [2.24, 2.45) is 11.7 Å². The predicted octanol–water partition coefficient (Wildman–Crippen LogP) is -0.628. The van der Waals surface area contributed by atoms with Gasteiger partial charge in [0.1, 0.15) is 6.42 Å². The van der Waals surface area contributed by atoms with Crippen molar-refractivity contribution >= 4 is 17.7 Å². The maximum atomic E-state index is 12.3. The summed E-state index contributed by atoms with van der Waals surface area (Å²) in [5.41, 5.74) is 5.68. The Morgan fingerprint density at radius 3 is 1.95 bits per heavy atom. The van der Waals surface area contributed by atoms with Crippen LogP contribution >= 0.6 is 0 Å². The minimum absolute atomic E-state index is 0.0327. The third-order valence-electron chi connectivity index (χ3n) is 6.18. The number of amides is 1. The topological polar surface area (TPSA) is 290 Å². The standard InChI is InChI=1S/C22H38N2O8.2CH4O.2H2O2/c23-19(20(27)11-22(29)30)5-2-6-24-21(28)10-17-8-14(9-18(13-26)32-17)7-15-3-1-4-16(12-25)31-15;4*1-2/h14-19,25-26H,1-13,23H2,(H,24,28)(H,29,30);2*2H,1H3;2*1-2H.